The van der Waals surface area contributed by atoms with E-state index >= 15 is 0 Å². The summed E-state index contributed by atoms with van der Waals surface area (Å²) >= 11 is 6.45. The van der Waals surface area contributed by atoms with Crippen LogP contribution in [-0.4, -0.2) is 33.9 Å². The molecule has 0 aromatic heterocycles. The van der Waals surface area contributed by atoms with Crippen LogP contribution >= 0.6 is 23.4 Å². The number of hydrogen-bond acceptors (Lipinski definition) is 6. The van der Waals surface area contributed by atoms with E-state index in [9.17, 15) is 9.59 Å². The molecule has 1 aliphatic rings. The minimum absolute atomic E-state index is 0.0291. The third-order valence-electron chi connectivity index (χ3n) is 3.00. The predicted molar refractivity (Wildman–Crippen MR) is 92.3 cm³/mol. The average Bonchev–Trinajstić information content (AvgIpc) is 2.85. The van der Waals surface area contributed by atoms with Crippen molar-refractivity contribution in [3.8, 4) is 5.75 Å². The minimum atomic E-state index is -0.548. The number of hydrogen-bond donors (Lipinski definition) is 1. The molecule has 2 rings (SSSR count). The number of benzene rings is 1. The Morgan fingerprint density at radius 1 is 1.39 bits per heavy atom. The first-order chi connectivity index (χ1) is 11.0. The predicted octanol–water partition coefficient (Wildman–Crippen LogP) is 2.55. The number of rotatable bonds is 6. The maximum Gasteiger partial charge on any atom is 0.240 e. The molecule has 1 heterocycles. The molecule has 0 spiro atoms. The molecule has 6 nitrogen and oxygen atoms in total. The van der Waals surface area contributed by atoms with Crippen LogP contribution in [0.15, 0.2) is 34.5 Å². The van der Waals surface area contributed by atoms with E-state index < -0.39 is 10.5 Å². The van der Waals surface area contributed by atoms with E-state index in [-0.39, 0.29) is 12.3 Å². The SMILES string of the molecule is CCOc1ccc(C(C)=NN=C2NC(=O)C(CC(=O)Cl)S2)cc1. The van der Waals surface area contributed by atoms with Gasteiger partial charge in [-0.15, -0.1) is 5.10 Å². The van der Waals surface area contributed by atoms with Gasteiger partial charge in [-0.25, -0.2) is 0 Å². The van der Waals surface area contributed by atoms with Crippen molar-refractivity contribution in [1.82, 2.24) is 5.32 Å². The van der Waals surface area contributed by atoms with Gasteiger partial charge in [-0.3, -0.25) is 9.59 Å². The van der Waals surface area contributed by atoms with Crippen molar-refractivity contribution >= 4 is 45.4 Å². The number of carbonyl (C=O) groups excluding carboxylic acids is 2. The van der Waals surface area contributed by atoms with Gasteiger partial charge in [0.1, 0.15) is 5.75 Å². The number of ether oxygens (including phenoxy) is 1. The third kappa shape index (κ3) is 5.07. The van der Waals surface area contributed by atoms with Crippen molar-refractivity contribution in [3.05, 3.63) is 29.8 Å². The first-order valence-electron chi connectivity index (χ1n) is 7.01. The maximum absolute atomic E-state index is 11.6. The highest BCUT2D eigenvalue weighted by molar-refractivity contribution is 8.15. The number of nitrogens with one attached hydrogen (secondary N) is 1. The van der Waals surface area contributed by atoms with Crippen molar-refractivity contribution in [3.63, 3.8) is 0 Å². The zero-order valence-corrected chi connectivity index (χ0v) is 14.3. The second-order valence-corrected chi connectivity index (χ2v) is 6.32. The second kappa shape index (κ2) is 8.12. The largest absolute Gasteiger partial charge is 0.494 e. The standard InChI is InChI=1S/C15H16ClN3O3S/c1-3-22-11-6-4-10(5-7-11)9(2)18-19-15-17-14(21)12(23-15)8-13(16)20/h4-7,12H,3,8H2,1-2H3,(H,17,19,21). The molecule has 1 fully saturated rings. The second-order valence-electron chi connectivity index (χ2n) is 4.70. The summed E-state index contributed by atoms with van der Waals surface area (Å²) in [6.07, 6.45) is -0.0291. The van der Waals surface area contributed by atoms with E-state index in [0.717, 1.165) is 23.1 Å². The van der Waals surface area contributed by atoms with Crippen molar-refractivity contribution in [2.75, 3.05) is 6.61 Å². The topological polar surface area (TPSA) is 80.1 Å². The fourth-order valence-corrected chi connectivity index (χ4v) is 3.03. The van der Waals surface area contributed by atoms with Gasteiger partial charge in [-0.2, -0.15) is 5.10 Å². The smallest absolute Gasteiger partial charge is 0.240 e. The number of halogens is 1. The van der Waals surface area contributed by atoms with E-state index in [1.807, 2.05) is 38.1 Å². The molecule has 1 atom stereocenters. The Labute approximate surface area is 143 Å². The summed E-state index contributed by atoms with van der Waals surface area (Å²) in [5, 5.41) is 9.98. The summed E-state index contributed by atoms with van der Waals surface area (Å²) in [5.41, 5.74) is 1.60. The highest BCUT2D eigenvalue weighted by Gasteiger charge is 2.31. The molecule has 1 aliphatic heterocycles. The molecule has 1 aromatic rings. The lowest BCUT2D eigenvalue weighted by Gasteiger charge is -2.04. The van der Waals surface area contributed by atoms with E-state index in [1.54, 1.807) is 0 Å². The van der Waals surface area contributed by atoms with Gasteiger partial charge < -0.3 is 10.1 Å². The Morgan fingerprint density at radius 2 is 2.09 bits per heavy atom. The molecular formula is C15H16ClN3O3S. The Morgan fingerprint density at radius 3 is 2.70 bits per heavy atom. The van der Waals surface area contributed by atoms with Gasteiger partial charge >= 0.3 is 0 Å². The van der Waals surface area contributed by atoms with Crippen LogP contribution < -0.4 is 10.1 Å². The number of carbonyl (C=O) groups is 2. The number of amides is 1. The van der Waals surface area contributed by atoms with Gasteiger partial charge in [-0.05, 0) is 55.3 Å². The van der Waals surface area contributed by atoms with Gasteiger partial charge in [0.15, 0.2) is 5.17 Å². The van der Waals surface area contributed by atoms with Crippen LogP contribution in [0.25, 0.3) is 0 Å². The van der Waals surface area contributed by atoms with Crippen molar-refractivity contribution in [2.24, 2.45) is 10.2 Å². The molecule has 1 saturated heterocycles. The Bertz CT molecular complexity index is 658. The van der Waals surface area contributed by atoms with Gasteiger partial charge in [0.05, 0.1) is 17.6 Å². The van der Waals surface area contributed by atoms with Crippen LogP contribution in [0, 0.1) is 0 Å². The number of amidine groups is 1. The van der Waals surface area contributed by atoms with Crippen LogP contribution in [0.1, 0.15) is 25.8 Å². The van der Waals surface area contributed by atoms with E-state index in [4.69, 9.17) is 16.3 Å². The highest BCUT2D eigenvalue weighted by atomic mass is 35.5. The van der Waals surface area contributed by atoms with Crippen LogP contribution in [0.4, 0.5) is 0 Å². The third-order valence-corrected chi connectivity index (χ3v) is 4.22. The van der Waals surface area contributed by atoms with E-state index in [1.165, 1.54) is 0 Å². The van der Waals surface area contributed by atoms with Crippen molar-refractivity contribution in [1.29, 1.82) is 0 Å². The Hall–Kier alpha value is -1.86. The van der Waals surface area contributed by atoms with Gasteiger partial charge in [0.2, 0.25) is 11.1 Å². The Kier molecular flexibility index (Phi) is 6.18. The molecule has 1 N–H and O–H groups in total. The van der Waals surface area contributed by atoms with E-state index in [0.29, 0.717) is 17.5 Å². The molecule has 1 aromatic carbocycles. The zero-order valence-electron chi connectivity index (χ0n) is 12.7. The summed E-state index contributed by atoms with van der Waals surface area (Å²) < 4.78 is 5.38. The van der Waals surface area contributed by atoms with Crippen LogP contribution in [0.2, 0.25) is 0 Å². The molecule has 122 valence electrons. The summed E-state index contributed by atoms with van der Waals surface area (Å²) in [6, 6.07) is 7.50. The fraction of sp³-hybridized carbons (Fsp3) is 0.333. The molecule has 0 saturated carbocycles. The molecule has 1 amide bonds. The van der Waals surface area contributed by atoms with Gasteiger partial charge in [-0.1, -0.05) is 11.8 Å². The lowest BCUT2D eigenvalue weighted by molar-refractivity contribution is -0.121. The van der Waals surface area contributed by atoms with Crippen LogP contribution in [-0.2, 0) is 9.59 Å². The summed E-state index contributed by atoms with van der Waals surface area (Å²) in [5.74, 6) is 0.513. The number of nitrogens with zero attached hydrogens (tertiary/aromatic N) is 2. The lowest BCUT2D eigenvalue weighted by atomic mass is 10.1. The minimum Gasteiger partial charge on any atom is -0.494 e. The first kappa shape index (κ1) is 17.5. The van der Waals surface area contributed by atoms with E-state index in [2.05, 4.69) is 15.5 Å². The van der Waals surface area contributed by atoms with Crippen molar-refractivity contribution in [2.45, 2.75) is 25.5 Å². The van der Waals surface area contributed by atoms with Crippen LogP contribution in [0.5, 0.6) is 5.75 Å². The van der Waals surface area contributed by atoms with Gasteiger partial charge in [0.25, 0.3) is 0 Å². The molecule has 1 unspecified atom stereocenters. The molecule has 0 aliphatic carbocycles. The summed E-state index contributed by atoms with van der Waals surface area (Å²) in [6.45, 7) is 4.36. The normalized spacial score (nSPS) is 19.8. The molecule has 23 heavy (non-hydrogen) atoms. The Balaban J connectivity index is 2.03. The summed E-state index contributed by atoms with van der Waals surface area (Å²) in [7, 11) is 0. The van der Waals surface area contributed by atoms with Crippen molar-refractivity contribution < 1.29 is 14.3 Å². The average molecular weight is 354 g/mol. The molecule has 8 heteroatoms. The monoisotopic (exact) mass is 353 g/mol. The number of thioether (sulfide) groups is 1. The highest BCUT2D eigenvalue weighted by Crippen LogP contribution is 2.23. The quantitative estimate of drug-likeness (QED) is 0.484. The first-order valence-corrected chi connectivity index (χ1v) is 8.26. The van der Waals surface area contributed by atoms with Gasteiger partial charge in [0, 0.05) is 6.42 Å². The molecule has 0 radical (unpaired) electrons. The lowest BCUT2D eigenvalue weighted by Crippen LogP contribution is -2.25. The summed E-state index contributed by atoms with van der Waals surface area (Å²) in [4.78, 5) is 22.5. The van der Waals surface area contributed by atoms with Crippen LogP contribution in [0.3, 0.4) is 0 Å². The maximum atomic E-state index is 11.6. The molecule has 0 bridgehead atoms. The fourth-order valence-electron chi connectivity index (χ4n) is 1.87. The zero-order chi connectivity index (χ0) is 16.8. The molecular weight excluding hydrogens is 338 g/mol.